The van der Waals surface area contributed by atoms with Crippen LogP contribution in [0.4, 0.5) is 5.82 Å². The number of hydrogen-bond acceptors (Lipinski definition) is 5. The fraction of sp³-hybridized carbons (Fsp3) is 0.0455. The Kier molecular flexibility index (Phi) is 3.88. The van der Waals surface area contributed by atoms with Crippen LogP contribution in [-0.4, -0.2) is 22.9 Å². The molecule has 1 aliphatic heterocycles. The number of anilines is 1. The molecule has 0 saturated heterocycles. The lowest BCUT2D eigenvalue weighted by Gasteiger charge is -2.08. The molecule has 0 unspecified atom stereocenters. The molecule has 29 heavy (non-hydrogen) atoms. The molecule has 1 aromatic heterocycles. The van der Waals surface area contributed by atoms with Gasteiger partial charge >= 0.3 is 0 Å². The van der Waals surface area contributed by atoms with Crippen molar-refractivity contribution in [1.29, 1.82) is 5.26 Å². The van der Waals surface area contributed by atoms with Crippen molar-refractivity contribution in [3.05, 3.63) is 71.9 Å². The van der Waals surface area contributed by atoms with Crippen molar-refractivity contribution in [3.8, 4) is 28.7 Å². The van der Waals surface area contributed by atoms with Crippen LogP contribution >= 0.6 is 0 Å². The summed E-state index contributed by atoms with van der Waals surface area (Å²) in [7, 11) is 0. The van der Waals surface area contributed by atoms with Crippen LogP contribution < -0.4 is 14.8 Å². The molecule has 3 aromatic carbocycles. The van der Waals surface area contributed by atoms with Gasteiger partial charge in [0.15, 0.2) is 11.5 Å². The van der Waals surface area contributed by atoms with E-state index in [4.69, 9.17) is 14.7 Å². The first kappa shape index (κ1) is 16.8. The summed E-state index contributed by atoms with van der Waals surface area (Å²) < 4.78 is 10.8. The summed E-state index contributed by atoms with van der Waals surface area (Å²) in [6.45, 7) is 0.200. The Morgan fingerprint density at radius 2 is 1.86 bits per heavy atom. The molecule has 0 fully saturated rings. The molecule has 0 radical (unpaired) electrons. The third-order valence-corrected chi connectivity index (χ3v) is 4.79. The quantitative estimate of drug-likeness (QED) is 0.556. The SMILES string of the molecule is N#Cc1ccc2cc(C(=O)Nc3[nH]ncc3-c3ccc4c(c3)OCO4)ccc2c1. The maximum Gasteiger partial charge on any atom is 0.256 e. The van der Waals surface area contributed by atoms with E-state index in [1.807, 2.05) is 30.3 Å². The first-order valence-corrected chi connectivity index (χ1v) is 8.90. The number of nitrogens with zero attached hydrogens (tertiary/aromatic N) is 2. The van der Waals surface area contributed by atoms with Gasteiger partial charge in [-0.2, -0.15) is 10.4 Å². The zero-order valence-corrected chi connectivity index (χ0v) is 15.1. The molecule has 4 aromatic rings. The maximum atomic E-state index is 12.8. The summed E-state index contributed by atoms with van der Waals surface area (Å²) in [4.78, 5) is 12.8. The molecule has 0 bridgehead atoms. The molecule has 0 spiro atoms. The summed E-state index contributed by atoms with van der Waals surface area (Å²) in [5.41, 5.74) is 2.69. The van der Waals surface area contributed by atoms with E-state index in [1.165, 1.54) is 0 Å². The Morgan fingerprint density at radius 3 is 2.76 bits per heavy atom. The molecule has 7 heteroatoms. The lowest BCUT2D eigenvalue weighted by molar-refractivity contribution is 0.102. The molecule has 7 nitrogen and oxygen atoms in total. The van der Waals surface area contributed by atoms with Crippen molar-refractivity contribution in [1.82, 2.24) is 10.2 Å². The number of ether oxygens (including phenoxy) is 2. The average Bonchev–Trinajstić information content (AvgIpc) is 3.41. The normalized spacial score (nSPS) is 12.0. The molecule has 5 rings (SSSR count). The molecule has 0 aliphatic carbocycles. The first-order chi connectivity index (χ1) is 14.2. The van der Waals surface area contributed by atoms with Crippen molar-refractivity contribution >= 4 is 22.5 Å². The maximum absolute atomic E-state index is 12.8. The number of carbonyl (C=O) groups excluding carboxylic acids is 1. The van der Waals surface area contributed by atoms with Crippen LogP contribution in [0.1, 0.15) is 15.9 Å². The zero-order chi connectivity index (χ0) is 19.8. The van der Waals surface area contributed by atoms with E-state index in [0.717, 1.165) is 21.9 Å². The summed E-state index contributed by atoms with van der Waals surface area (Å²) in [5.74, 6) is 1.59. The topological polar surface area (TPSA) is 100 Å². The number of rotatable bonds is 3. The summed E-state index contributed by atoms with van der Waals surface area (Å²) in [6.07, 6.45) is 1.65. The second-order valence-corrected chi connectivity index (χ2v) is 6.57. The van der Waals surface area contributed by atoms with Crippen molar-refractivity contribution in [2.75, 3.05) is 12.1 Å². The van der Waals surface area contributed by atoms with Gasteiger partial charge in [0, 0.05) is 11.1 Å². The largest absolute Gasteiger partial charge is 0.454 e. The Morgan fingerprint density at radius 1 is 1.03 bits per heavy atom. The Labute approximate surface area is 165 Å². The smallest absolute Gasteiger partial charge is 0.256 e. The number of aromatic nitrogens is 2. The fourth-order valence-corrected chi connectivity index (χ4v) is 3.31. The molecule has 0 saturated carbocycles. The lowest BCUT2D eigenvalue weighted by atomic mass is 10.0. The minimum absolute atomic E-state index is 0.200. The number of H-pyrrole nitrogens is 1. The highest BCUT2D eigenvalue weighted by molar-refractivity contribution is 6.07. The molecule has 140 valence electrons. The van der Waals surface area contributed by atoms with Crippen molar-refractivity contribution in [2.24, 2.45) is 0 Å². The zero-order valence-electron chi connectivity index (χ0n) is 15.1. The van der Waals surface area contributed by atoms with Gasteiger partial charge < -0.3 is 14.8 Å². The second-order valence-electron chi connectivity index (χ2n) is 6.57. The summed E-state index contributed by atoms with van der Waals surface area (Å²) in [6, 6.07) is 18.4. The van der Waals surface area contributed by atoms with Gasteiger partial charge in [0.2, 0.25) is 6.79 Å². The first-order valence-electron chi connectivity index (χ1n) is 8.90. The van der Waals surface area contributed by atoms with Gasteiger partial charge in [0.05, 0.1) is 17.8 Å². The van der Waals surface area contributed by atoms with Crippen LogP contribution in [0.25, 0.3) is 21.9 Å². The van der Waals surface area contributed by atoms with Crippen molar-refractivity contribution < 1.29 is 14.3 Å². The summed E-state index contributed by atoms with van der Waals surface area (Å²) >= 11 is 0. The van der Waals surface area contributed by atoms with E-state index in [0.29, 0.717) is 28.4 Å². The number of fused-ring (bicyclic) bond motifs is 2. The van der Waals surface area contributed by atoms with Gasteiger partial charge in [-0.05, 0) is 52.7 Å². The van der Waals surface area contributed by atoms with Gasteiger partial charge in [0.1, 0.15) is 5.82 Å². The number of aromatic amines is 1. The number of nitrogens with one attached hydrogen (secondary N) is 2. The van der Waals surface area contributed by atoms with E-state index in [1.54, 1.807) is 30.5 Å². The number of benzene rings is 3. The Balaban J connectivity index is 1.43. The van der Waals surface area contributed by atoms with Crippen LogP contribution in [0.3, 0.4) is 0 Å². The fourth-order valence-electron chi connectivity index (χ4n) is 3.31. The Hall–Kier alpha value is -4.31. The van der Waals surface area contributed by atoms with E-state index >= 15 is 0 Å². The van der Waals surface area contributed by atoms with Gasteiger partial charge in [0.25, 0.3) is 5.91 Å². The van der Waals surface area contributed by atoms with E-state index in [-0.39, 0.29) is 12.7 Å². The highest BCUT2D eigenvalue weighted by atomic mass is 16.7. The minimum Gasteiger partial charge on any atom is -0.454 e. The van der Waals surface area contributed by atoms with Gasteiger partial charge in [-0.1, -0.05) is 18.2 Å². The van der Waals surface area contributed by atoms with Gasteiger partial charge in [-0.25, -0.2) is 0 Å². The highest BCUT2D eigenvalue weighted by Gasteiger charge is 2.17. The highest BCUT2D eigenvalue weighted by Crippen LogP contribution is 2.37. The standard InChI is InChI=1S/C22H14N4O3/c23-10-13-1-2-15-8-17(4-3-14(15)7-13)22(27)25-21-18(11-24-26-21)16-5-6-19-20(9-16)29-12-28-19/h1-9,11H,12H2,(H2,24,25,26,27). The van der Waals surface area contributed by atoms with Crippen molar-refractivity contribution in [2.45, 2.75) is 0 Å². The number of hydrogen-bond donors (Lipinski definition) is 2. The van der Waals surface area contributed by atoms with Crippen LogP contribution in [0, 0.1) is 11.3 Å². The van der Waals surface area contributed by atoms with E-state index in [2.05, 4.69) is 21.6 Å². The van der Waals surface area contributed by atoms with Crippen LogP contribution in [-0.2, 0) is 0 Å². The lowest BCUT2D eigenvalue weighted by Crippen LogP contribution is -2.12. The Bertz CT molecular complexity index is 1300. The van der Waals surface area contributed by atoms with Gasteiger partial charge in [-0.15, -0.1) is 0 Å². The summed E-state index contributed by atoms with van der Waals surface area (Å²) in [5, 5.41) is 20.6. The number of carbonyl (C=O) groups is 1. The number of nitriles is 1. The van der Waals surface area contributed by atoms with E-state index < -0.39 is 0 Å². The van der Waals surface area contributed by atoms with E-state index in [9.17, 15) is 4.79 Å². The molecule has 1 amide bonds. The predicted octanol–water partition coefficient (Wildman–Crippen LogP) is 4.08. The van der Waals surface area contributed by atoms with Gasteiger partial charge in [-0.3, -0.25) is 9.89 Å². The third kappa shape index (κ3) is 3.03. The predicted molar refractivity (Wildman–Crippen MR) is 107 cm³/mol. The molecule has 2 heterocycles. The van der Waals surface area contributed by atoms with Crippen LogP contribution in [0.2, 0.25) is 0 Å². The monoisotopic (exact) mass is 382 g/mol. The van der Waals surface area contributed by atoms with Crippen LogP contribution in [0.15, 0.2) is 60.8 Å². The van der Waals surface area contributed by atoms with Crippen molar-refractivity contribution in [3.63, 3.8) is 0 Å². The second kappa shape index (κ2) is 6.69. The molecule has 1 aliphatic rings. The molecular weight excluding hydrogens is 368 g/mol. The van der Waals surface area contributed by atoms with Crippen LogP contribution in [0.5, 0.6) is 11.5 Å². The molecular formula is C22H14N4O3. The third-order valence-electron chi connectivity index (χ3n) is 4.79. The molecule has 0 atom stereocenters. The average molecular weight is 382 g/mol. The number of amides is 1. The minimum atomic E-state index is -0.262. The molecule has 2 N–H and O–H groups in total.